The third-order valence-electron chi connectivity index (χ3n) is 5.67. The molecule has 3 aliphatic rings. The van der Waals surface area contributed by atoms with Crippen LogP contribution >= 0.6 is 0 Å². The Kier molecular flexibility index (Phi) is 6.62. The maximum atomic E-state index is 12.5. The van der Waals surface area contributed by atoms with E-state index in [1.54, 1.807) is 19.3 Å². The summed E-state index contributed by atoms with van der Waals surface area (Å²) in [6, 6.07) is 0. The van der Waals surface area contributed by atoms with E-state index in [2.05, 4.69) is 57.5 Å². The van der Waals surface area contributed by atoms with E-state index in [0.717, 1.165) is 18.4 Å². The van der Waals surface area contributed by atoms with Crippen LogP contribution in [0.1, 0.15) is 33.6 Å². The first kappa shape index (κ1) is 21.3. The first-order valence-corrected chi connectivity index (χ1v) is 12.2. The van der Waals surface area contributed by atoms with E-state index in [1.807, 2.05) is 0 Å². The Hall–Kier alpha value is -1.95. The molecule has 0 aromatic rings. The van der Waals surface area contributed by atoms with Crippen molar-refractivity contribution in [2.45, 2.75) is 57.8 Å². The summed E-state index contributed by atoms with van der Waals surface area (Å²) in [4.78, 5) is 12.5. The number of rotatable bonds is 4. The zero-order chi connectivity index (χ0) is 20.2. The van der Waals surface area contributed by atoms with Crippen molar-refractivity contribution in [2.24, 2.45) is 11.8 Å². The van der Waals surface area contributed by atoms with E-state index in [0.29, 0.717) is 5.76 Å². The van der Waals surface area contributed by atoms with Crippen LogP contribution in [0.5, 0.6) is 0 Å². The second-order valence-electron chi connectivity index (χ2n) is 8.41. The quantitative estimate of drug-likeness (QED) is 0.415. The number of fused-ring (bicyclic) bond motifs is 5. The monoisotopic (exact) mass is 386 g/mol. The van der Waals surface area contributed by atoms with Crippen molar-refractivity contribution in [3.8, 4) is 23.7 Å². The van der Waals surface area contributed by atoms with Gasteiger partial charge in [-0.15, -0.1) is 0 Å². The second kappa shape index (κ2) is 8.38. The van der Waals surface area contributed by atoms with Crippen molar-refractivity contribution in [1.82, 2.24) is 0 Å². The average Bonchev–Trinajstić information content (AvgIpc) is 2.66. The highest BCUT2D eigenvalue weighted by Crippen LogP contribution is 2.42. The highest BCUT2D eigenvalue weighted by molar-refractivity contribution is 6.74. The summed E-state index contributed by atoms with van der Waals surface area (Å²) < 4.78 is 17.4. The Morgan fingerprint density at radius 2 is 1.78 bits per heavy atom. The molecule has 5 heteroatoms. The predicted octanol–water partition coefficient (Wildman–Crippen LogP) is 4.05. The fraction of sp³-hybridized carbons (Fsp3) is 0.591. The molecule has 27 heavy (non-hydrogen) atoms. The minimum atomic E-state index is -2.08. The van der Waals surface area contributed by atoms with Gasteiger partial charge in [0.1, 0.15) is 17.8 Å². The van der Waals surface area contributed by atoms with Crippen LogP contribution < -0.4 is 0 Å². The first-order chi connectivity index (χ1) is 12.6. The van der Waals surface area contributed by atoms with Gasteiger partial charge in [-0.1, -0.05) is 44.5 Å². The van der Waals surface area contributed by atoms with Gasteiger partial charge >= 0.3 is 5.97 Å². The number of hydrogen-bond donors (Lipinski definition) is 0. The number of hydrogen-bond acceptors (Lipinski definition) is 4. The lowest BCUT2D eigenvalue weighted by Gasteiger charge is -2.40. The third kappa shape index (κ3) is 4.67. The topological polar surface area (TPSA) is 44.8 Å². The maximum absolute atomic E-state index is 12.5. The van der Waals surface area contributed by atoms with Crippen molar-refractivity contribution in [3.05, 3.63) is 23.5 Å². The molecule has 0 radical (unpaired) electrons. The van der Waals surface area contributed by atoms with Gasteiger partial charge in [-0.3, -0.25) is 4.79 Å². The number of methoxy groups -OCH3 is 2. The number of allylic oxidation sites excluding steroid dienone is 2. The Balaban J connectivity index is 2.60. The summed E-state index contributed by atoms with van der Waals surface area (Å²) >= 11 is 0. The summed E-state index contributed by atoms with van der Waals surface area (Å²) in [7, 11) is 0.915. The number of esters is 1. The molecule has 0 spiro atoms. The molecular formula is C22H30O4Si. The van der Waals surface area contributed by atoms with E-state index >= 15 is 0 Å². The van der Waals surface area contributed by atoms with Gasteiger partial charge in [0.15, 0.2) is 8.32 Å². The fourth-order valence-corrected chi connectivity index (χ4v) is 4.22. The lowest BCUT2D eigenvalue weighted by Crippen LogP contribution is -2.45. The van der Waals surface area contributed by atoms with Crippen LogP contribution in [0.3, 0.4) is 0 Å². The van der Waals surface area contributed by atoms with Gasteiger partial charge in [-0.05, 0) is 43.1 Å². The van der Waals surface area contributed by atoms with Gasteiger partial charge in [-0.2, -0.15) is 0 Å². The maximum Gasteiger partial charge on any atom is 0.317 e. The summed E-state index contributed by atoms with van der Waals surface area (Å²) in [6.07, 6.45) is 4.54. The first-order valence-electron chi connectivity index (χ1n) is 9.32. The Labute approximate surface area is 164 Å². The van der Waals surface area contributed by atoms with Crippen molar-refractivity contribution in [3.63, 3.8) is 0 Å². The van der Waals surface area contributed by atoms with E-state index in [-0.39, 0.29) is 16.9 Å². The normalized spacial score (nSPS) is 26.1. The molecule has 0 fully saturated rings. The summed E-state index contributed by atoms with van der Waals surface area (Å²) in [5, 5.41) is 0.0482. The van der Waals surface area contributed by atoms with Crippen molar-refractivity contribution >= 4 is 14.3 Å². The van der Waals surface area contributed by atoms with Gasteiger partial charge in [0.2, 0.25) is 0 Å². The molecule has 3 rings (SSSR count). The molecule has 0 aliphatic heterocycles. The van der Waals surface area contributed by atoms with Crippen LogP contribution in [-0.4, -0.2) is 34.6 Å². The molecule has 0 N–H and O–H groups in total. The molecule has 3 aliphatic carbocycles. The molecule has 1 unspecified atom stereocenters. The Morgan fingerprint density at radius 3 is 2.33 bits per heavy atom. The summed E-state index contributed by atoms with van der Waals surface area (Å²) in [6.45, 7) is 11.0. The summed E-state index contributed by atoms with van der Waals surface area (Å²) in [5.74, 6) is 12.0. The lowest BCUT2D eigenvalue weighted by atomic mass is 9.78. The number of carbonyl (C=O) groups excluding carboxylic acids is 1. The van der Waals surface area contributed by atoms with Crippen LogP contribution in [0.15, 0.2) is 23.5 Å². The van der Waals surface area contributed by atoms with Crippen molar-refractivity contribution < 1.29 is 18.7 Å². The van der Waals surface area contributed by atoms with Gasteiger partial charge < -0.3 is 13.9 Å². The highest BCUT2D eigenvalue weighted by Gasteiger charge is 2.44. The van der Waals surface area contributed by atoms with Crippen LogP contribution in [0, 0.1) is 35.5 Å². The number of ether oxygens (including phenoxy) is 2. The molecule has 0 aromatic heterocycles. The van der Waals surface area contributed by atoms with Crippen LogP contribution in [0.4, 0.5) is 0 Å². The SMILES string of the molecule is COC(=O)[C@H]1C(OC)=C2CCC1C#C/C=C\C#C[C@@H]2O[Si](C)(C)C(C)(C)C. The molecule has 3 atom stereocenters. The van der Waals surface area contributed by atoms with Crippen molar-refractivity contribution in [1.29, 1.82) is 0 Å². The molecule has 146 valence electrons. The standard InChI is InChI=1S/C22H30O4Si/c1-22(2,3)27(6,7)26-18-13-11-9-8-10-12-16-14-15-17(18)20(24-4)19(16)21(23)25-5/h8-9,16,18-19H,14-15H2,1-7H3/b9-8-/t16?,18-,19+/m0/s1. The molecular weight excluding hydrogens is 356 g/mol. The second-order valence-corrected chi connectivity index (χ2v) is 13.2. The van der Waals surface area contributed by atoms with Gasteiger partial charge in [-0.25, -0.2) is 0 Å². The van der Waals surface area contributed by atoms with Gasteiger partial charge in [0, 0.05) is 11.5 Å². The largest absolute Gasteiger partial charge is 0.500 e. The molecule has 2 bridgehead atoms. The molecule has 0 amide bonds. The van der Waals surface area contributed by atoms with Crippen molar-refractivity contribution in [2.75, 3.05) is 14.2 Å². The fourth-order valence-electron chi connectivity index (χ4n) is 3.08. The lowest BCUT2D eigenvalue weighted by molar-refractivity contribution is -0.146. The average molecular weight is 387 g/mol. The minimum absolute atomic E-state index is 0.0482. The minimum Gasteiger partial charge on any atom is -0.500 e. The molecule has 0 heterocycles. The van der Waals surface area contributed by atoms with Crippen LogP contribution in [0.2, 0.25) is 18.1 Å². The van der Waals surface area contributed by atoms with E-state index in [1.165, 1.54) is 7.11 Å². The molecule has 0 aromatic carbocycles. The zero-order valence-corrected chi connectivity index (χ0v) is 18.4. The third-order valence-corrected chi connectivity index (χ3v) is 10.1. The predicted molar refractivity (Wildman–Crippen MR) is 109 cm³/mol. The molecule has 0 saturated heterocycles. The smallest absolute Gasteiger partial charge is 0.317 e. The van der Waals surface area contributed by atoms with E-state index < -0.39 is 20.3 Å². The Morgan fingerprint density at radius 1 is 1.15 bits per heavy atom. The molecule has 4 nitrogen and oxygen atoms in total. The zero-order valence-electron chi connectivity index (χ0n) is 17.4. The molecule has 0 saturated carbocycles. The van der Waals surface area contributed by atoms with Gasteiger partial charge in [0.05, 0.1) is 14.2 Å². The van der Waals surface area contributed by atoms with Crippen LogP contribution in [-0.2, 0) is 18.7 Å². The number of carbonyl (C=O) groups is 1. The van der Waals surface area contributed by atoms with Gasteiger partial charge in [0.25, 0.3) is 0 Å². The Bertz CT molecular complexity index is 762. The van der Waals surface area contributed by atoms with E-state index in [9.17, 15) is 4.79 Å². The van der Waals surface area contributed by atoms with Crippen LogP contribution in [0.25, 0.3) is 0 Å². The highest BCUT2D eigenvalue weighted by atomic mass is 28.4. The van der Waals surface area contributed by atoms with E-state index in [4.69, 9.17) is 13.9 Å². The summed E-state index contributed by atoms with van der Waals surface area (Å²) in [5.41, 5.74) is 0.943.